The Morgan fingerprint density at radius 3 is 2.90 bits per heavy atom. The van der Waals surface area contributed by atoms with Gasteiger partial charge in [0.1, 0.15) is 10.7 Å². The average molecular weight is 297 g/mol. The Labute approximate surface area is 121 Å². The number of hydrogen-bond acceptors (Lipinski definition) is 5. The van der Waals surface area contributed by atoms with Gasteiger partial charge in [-0.3, -0.25) is 0 Å². The molecule has 20 heavy (non-hydrogen) atoms. The molecule has 1 aliphatic heterocycles. The fourth-order valence-electron chi connectivity index (χ4n) is 2.85. The molecule has 1 atom stereocenters. The van der Waals surface area contributed by atoms with Crippen LogP contribution in [-0.2, 0) is 9.84 Å². The number of anilines is 1. The molecule has 0 aromatic carbocycles. The summed E-state index contributed by atoms with van der Waals surface area (Å²) in [7, 11) is 0.811. The van der Waals surface area contributed by atoms with Crippen LogP contribution < -0.4 is 4.90 Å². The first kappa shape index (κ1) is 15.3. The lowest BCUT2D eigenvalue weighted by Gasteiger charge is -2.33. The molecule has 0 amide bonds. The fraction of sp³-hybridized carbons (Fsp3) is 0.643. The van der Waals surface area contributed by atoms with Crippen molar-refractivity contribution in [3.05, 3.63) is 18.3 Å². The van der Waals surface area contributed by atoms with Crippen molar-refractivity contribution < 1.29 is 8.42 Å². The Morgan fingerprint density at radius 1 is 1.50 bits per heavy atom. The lowest BCUT2D eigenvalue weighted by atomic mass is 9.98. The number of pyridine rings is 1. The summed E-state index contributed by atoms with van der Waals surface area (Å²) in [5, 5.41) is 0. The number of nitrogens with zero attached hydrogens (tertiary/aromatic N) is 3. The van der Waals surface area contributed by atoms with E-state index in [1.54, 1.807) is 18.3 Å². The molecule has 2 heterocycles. The molecule has 1 unspecified atom stereocenters. The molecule has 1 aliphatic rings. The van der Waals surface area contributed by atoms with Gasteiger partial charge in [-0.1, -0.05) is 0 Å². The van der Waals surface area contributed by atoms with Crippen LogP contribution in [0.3, 0.4) is 0 Å². The predicted octanol–water partition coefficient (Wildman–Crippen LogP) is 1.26. The summed E-state index contributed by atoms with van der Waals surface area (Å²) < 4.78 is 23.7. The maximum Gasteiger partial charge on any atom is 0.179 e. The van der Waals surface area contributed by atoms with Crippen LogP contribution in [0.25, 0.3) is 0 Å². The molecule has 0 aliphatic carbocycles. The van der Waals surface area contributed by atoms with Crippen LogP contribution in [0.15, 0.2) is 23.2 Å². The van der Waals surface area contributed by atoms with Gasteiger partial charge >= 0.3 is 0 Å². The van der Waals surface area contributed by atoms with E-state index < -0.39 is 9.84 Å². The van der Waals surface area contributed by atoms with Crippen LogP contribution in [0.1, 0.15) is 12.8 Å². The Bertz CT molecular complexity index is 559. The number of piperidine rings is 1. The Kier molecular flexibility index (Phi) is 4.65. The molecule has 0 bridgehead atoms. The second kappa shape index (κ2) is 6.10. The number of rotatable bonds is 4. The fourth-order valence-corrected chi connectivity index (χ4v) is 3.72. The van der Waals surface area contributed by atoms with Gasteiger partial charge in [-0.2, -0.15) is 0 Å². The normalized spacial score (nSPS) is 20.9. The zero-order valence-corrected chi connectivity index (χ0v) is 13.2. The molecule has 6 heteroatoms. The maximum atomic E-state index is 11.8. The van der Waals surface area contributed by atoms with E-state index in [9.17, 15) is 8.42 Å². The molecule has 1 aromatic heterocycles. The molecule has 112 valence electrons. The molecular formula is C14H23N3O2S. The number of sulfone groups is 1. The SMILES string of the molecule is CN1CCCC(CN(C)c2ncccc2S(C)(=O)=O)C1. The first-order valence-corrected chi connectivity index (χ1v) is 8.82. The van der Waals surface area contributed by atoms with Gasteiger partial charge in [-0.25, -0.2) is 13.4 Å². The van der Waals surface area contributed by atoms with Crippen molar-refractivity contribution in [2.75, 3.05) is 44.9 Å². The van der Waals surface area contributed by atoms with E-state index in [0.717, 1.165) is 19.6 Å². The largest absolute Gasteiger partial charge is 0.358 e. The van der Waals surface area contributed by atoms with E-state index in [0.29, 0.717) is 16.6 Å². The maximum absolute atomic E-state index is 11.8. The minimum absolute atomic E-state index is 0.312. The van der Waals surface area contributed by atoms with Crippen LogP contribution in [-0.4, -0.2) is 58.3 Å². The highest BCUT2D eigenvalue weighted by atomic mass is 32.2. The van der Waals surface area contributed by atoms with Gasteiger partial charge in [-0.05, 0) is 44.5 Å². The topological polar surface area (TPSA) is 53.5 Å². The van der Waals surface area contributed by atoms with Crippen molar-refractivity contribution in [1.29, 1.82) is 0 Å². The molecular weight excluding hydrogens is 274 g/mol. The summed E-state index contributed by atoms with van der Waals surface area (Å²) in [5.74, 6) is 1.12. The highest BCUT2D eigenvalue weighted by Crippen LogP contribution is 2.24. The van der Waals surface area contributed by atoms with Gasteiger partial charge in [0.05, 0.1) is 0 Å². The van der Waals surface area contributed by atoms with E-state index >= 15 is 0 Å². The van der Waals surface area contributed by atoms with Gasteiger partial charge in [0.15, 0.2) is 9.84 Å². The first-order chi connectivity index (χ1) is 9.38. The monoisotopic (exact) mass is 297 g/mol. The van der Waals surface area contributed by atoms with Gasteiger partial charge in [0, 0.05) is 32.6 Å². The van der Waals surface area contributed by atoms with Gasteiger partial charge in [0.2, 0.25) is 0 Å². The van der Waals surface area contributed by atoms with Gasteiger partial charge in [0.25, 0.3) is 0 Å². The van der Waals surface area contributed by atoms with Crippen LogP contribution >= 0.6 is 0 Å². The zero-order valence-electron chi connectivity index (χ0n) is 12.4. The Hall–Kier alpha value is -1.14. The summed E-state index contributed by atoms with van der Waals surface area (Å²) in [6.07, 6.45) is 5.27. The lowest BCUT2D eigenvalue weighted by molar-refractivity contribution is 0.213. The van der Waals surface area contributed by atoms with Crippen LogP contribution in [0.5, 0.6) is 0 Å². The molecule has 5 nitrogen and oxygen atoms in total. The van der Waals surface area contributed by atoms with Crippen molar-refractivity contribution in [1.82, 2.24) is 9.88 Å². The second-order valence-electron chi connectivity index (χ2n) is 5.75. The van der Waals surface area contributed by atoms with Crippen LogP contribution in [0.4, 0.5) is 5.82 Å². The first-order valence-electron chi connectivity index (χ1n) is 6.92. The molecule has 0 N–H and O–H groups in total. The standard InChI is InChI=1S/C14H23N3O2S/c1-16-9-5-6-12(10-16)11-17(2)14-13(20(3,18)19)7-4-8-15-14/h4,7-8,12H,5-6,9-11H2,1-3H3. The highest BCUT2D eigenvalue weighted by Gasteiger charge is 2.22. The quantitative estimate of drug-likeness (QED) is 0.837. The van der Waals surface area contributed by atoms with Crippen molar-refractivity contribution in [2.45, 2.75) is 17.7 Å². The molecule has 0 radical (unpaired) electrons. The minimum atomic E-state index is -3.24. The Morgan fingerprint density at radius 2 is 2.25 bits per heavy atom. The summed E-state index contributed by atoms with van der Waals surface area (Å²) in [6, 6.07) is 3.29. The van der Waals surface area contributed by atoms with Crippen molar-refractivity contribution >= 4 is 15.7 Å². The van der Waals surface area contributed by atoms with E-state index in [-0.39, 0.29) is 0 Å². The van der Waals surface area contributed by atoms with E-state index in [1.165, 1.54) is 19.1 Å². The second-order valence-corrected chi connectivity index (χ2v) is 7.73. The average Bonchev–Trinajstić information content (AvgIpc) is 2.37. The number of likely N-dealkylation sites (tertiary alicyclic amines) is 1. The number of hydrogen-bond donors (Lipinski definition) is 0. The van der Waals surface area contributed by atoms with Crippen molar-refractivity contribution in [2.24, 2.45) is 5.92 Å². The van der Waals surface area contributed by atoms with Crippen LogP contribution in [0, 0.1) is 5.92 Å². The molecule has 1 fully saturated rings. The van der Waals surface area contributed by atoms with Gasteiger partial charge in [-0.15, -0.1) is 0 Å². The Balaban J connectivity index is 2.15. The predicted molar refractivity (Wildman–Crippen MR) is 80.8 cm³/mol. The molecule has 0 saturated carbocycles. The molecule has 1 aromatic rings. The third-order valence-electron chi connectivity index (χ3n) is 3.77. The van der Waals surface area contributed by atoms with Crippen LogP contribution in [0.2, 0.25) is 0 Å². The summed E-state index contributed by atoms with van der Waals surface area (Å²) >= 11 is 0. The highest BCUT2D eigenvalue weighted by molar-refractivity contribution is 7.90. The van der Waals surface area contributed by atoms with E-state index in [1.807, 2.05) is 11.9 Å². The number of aromatic nitrogens is 1. The molecule has 0 spiro atoms. The van der Waals surface area contributed by atoms with Gasteiger partial charge < -0.3 is 9.80 Å². The summed E-state index contributed by atoms with van der Waals surface area (Å²) in [4.78, 5) is 8.88. The zero-order chi connectivity index (χ0) is 14.8. The third-order valence-corrected chi connectivity index (χ3v) is 4.88. The lowest BCUT2D eigenvalue weighted by Crippen LogP contribution is -2.38. The smallest absolute Gasteiger partial charge is 0.179 e. The molecule has 1 saturated heterocycles. The van der Waals surface area contributed by atoms with E-state index in [4.69, 9.17) is 0 Å². The van der Waals surface area contributed by atoms with Crippen molar-refractivity contribution in [3.63, 3.8) is 0 Å². The van der Waals surface area contributed by atoms with Crippen molar-refractivity contribution in [3.8, 4) is 0 Å². The minimum Gasteiger partial charge on any atom is -0.358 e. The summed E-state index contributed by atoms with van der Waals surface area (Å²) in [6.45, 7) is 3.05. The third kappa shape index (κ3) is 3.70. The van der Waals surface area contributed by atoms with E-state index in [2.05, 4.69) is 16.9 Å². The summed E-state index contributed by atoms with van der Waals surface area (Å²) in [5.41, 5.74) is 0. The molecule has 2 rings (SSSR count).